The molecule has 0 N–H and O–H groups in total. The molecule has 0 spiro atoms. The third-order valence-electron chi connectivity index (χ3n) is 3.21. The Balaban J connectivity index is 2.24. The minimum Gasteiger partial charge on any atom is -0.497 e. The SMILES string of the molecule is COc1cccc(-c2nc3ccccc3n2CC#N)c1. The molecule has 4 heteroatoms. The van der Waals surface area contributed by atoms with Gasteiger partial charge in [0.2, 0.25) is 0 Å². The van der Waals surface area contributed by atoms with Crippen LogP contribution in [0.5, 0.6) is 5.75 Å². The summed E-state index contributed by atoms with van der Waals surface area (Å²) in [6.07, 6.45) is 0. The molecular formula is C16H13N3O. The minimum absolute atomic E-state index is 0.271. The molecule has 0 aliphatic rings. The third-order valence-corrected chi connectivity index (χ3v) is 3.21. The predicted octanol–water partition coefficient (Wildman–Crippen LogP) is 3.24. The van der Waals surface area contributed by atoms with Gasteiger partial charge in [0.1, 0.15) is 18.1 Å². The Labute approximate surface area is 116 Å². The third kappa shape index (κ3) is 1.99. The van der Waals surface area contributed by atoms with E-state index in [1.54, 1.807) is 7.11 Å². The van der Waals surface area contributed by atoms with Crippen LogP contribution in [0.2, 0.25) is 0 Å². The Morgan fingerprint density at radius 1 is 1.20 bits per heavy atom. The Morgan fingerprint density at radius 2 is 2.05 bits per heavy atom. The van der Waals surface area contributed by atoms with Crippen molar-refractivity contribution in [1.82, 2.24) is 9.55 Å². The van der Waals surface area contributed by atoms with Gasteiger partial charge < -0.3 is 9.30 Å². The number of imidazole rings is 1. The lowest BCUT2D eigenvalue weighted by Gasteiger charge is -2.06. The van der Waals surface area contributed by atoms with Gasteiger partial charge in [0.25, 0.3) is 0 Å². The van der Waals surface area contributed by atoms with Gasteiger partial charge >= 0.3 is 0 Å². The van der Waals surface area contributed by atoms with Gasteiger partial charge in [-0.15, -0.1) is 0 Å². The lowest BCUT2D eigenvalue weighted by molar-refractivity contribution is 0.415. The van der Waals surface area contributed by atoms with Crippen molar-refractivity contribution < 1.29 is 4.74 Å². The van der Waals surface area contributed by atoms with Crippen molar-refractivity contribution in [3.63, 3.8) is 0 Å². The van der Waals surface area contributed by atoms with E-state index in [0.29, 0.717) is 0 Å². The molecule has 0 aliphatic carbocycles. The van der Waals surface area contributed by atoms with E-state index in [9.17, 15) is 0 Å². The molecule has 1 aromatic heterocycles. The summed E-state index contributed by atoms with van der Waals surface area (Å²) in [5, 5.41) is 9.05. The maximum absolute atomic E-state index is 9.05. The quantitative estimate of drug-likeness (QED) is 0.729. The van der Waals surface area contributed by atoms with E-state index in [4.69, 9.17) is 10.00 Å². The molecule has 20 heavy (non-hydrogen) atoms. The molecule has 0 unspecified atom stereocenters. The highest BCUT2D eigenvalue weighted by molar-refractivity contribution is 5.80. The number of hydrogen-bond donors (Lipinski definition) is 0. The first kappa shape index (κ1) is 12.2. The molecule has 4 nitrogen and oxygen atoms in total. The minimum atomic E-state index is 0.271. The number of aromatic nitrogens is 2. The Morgan fingerprint density at radius 3 is 2.85 bits per heavy atom. The largest absolute Gasteiger partial charge is 0.497 e. The van der Waals surface area contributed by atoms with Crippen molar-refractivity contribution in [2.24, 2.45) is 0 Å². The van der Waals surface area contributed by atoms with Crippen LogP contribution in [0.3, 0.4) is 0 Å². The fraction of sp³-hybridized carbons (Fsp3) is 0.125. The summed E-state index contributed by atoms with van der Waals surface area (Å²) in [6.45, 7) is 0.271. The standard InChI is InChI=1S/C16H13N3O/c1-20-13-6-4-5-12(11-13)16-18-14-7-2-3-8-15(14)19(16)10-9-17/h2-8,11H,10H2,1H3. The summed E-state index contributed by atoms with van der Waals surface area (Å²) in [5.41, 5.74) is 2.79. The fourth-order valence-electron chi connectivity index (χ4n) is 2.29. The molecule has 0 bridgehead atoms. The van der Waals surface area contributed by atoms with Crippen LogP contribution in [0.25, 0.3) is 22.4 Å². The van der Waals surface area contributed by atoms with Gasteiger partial charge in [-0.3, -0.25) is 0 Å². The highest BCUT2D eigenvalue weighted by Crippen LogP contribution is 2.27. The molecule has 0 saturated carbocycles. The Hall–Kier alpha value is -2.80. The van der Waals surface area contributed by atoms with E-state index in [0.717, 1.165) is 28.2 Å². The van der Waals surface area contributed by atoms with Crippen molar-refractivity contribution >= 4 is 11.0 Å². The summed E-state index contributed by atoms with van der Waals surface area (Å²) in [5.74, 6) is 1.56. The second kappa shape index (κ2) is 5.06. The van der Waals surface area contributed by atoms with Gasteiger partial charge in [0, 0.05) is 5.56 Å². The number of rotatable bonds is 3. The van der Waals surface area contributed by atoms with Crippen LogP contribution in [0.15, 0.2) is 48.5 Å². The summed E-state index contributed by atoms with van der Waals surface area (Å²) >= 11 is 0. The molecule has 0 fully saturated rings. The summed E-state index contributed by atoms with van der Waals surface area (Å²) < 4.78 is 7.17. The maximum atomic E-state index is 9.05. The molecule has 0 radical (unpaired) electrons. The number of ether oxygens (including phenoxy) is 1. The zero-order valence-corrected chi connectivity index (χ0v) is 11.1. The molecular weight excluding hydrogens is 250 g/mol. The van der Waals surface area contributed by atoms with Crippen LogP contribution < -0.4 is 4.74 Å². The average Bonchev–Trinajstić information content (AvgIpc) is 2.87. The maximum Gasteiger partial charge on any atom is 0.142 e. The van der Waals surface area contributed by atoms with Crippen LogP contribution in [0.1, 0.15) is 0 Å². The Bertz CT molecular complexity index is 799. The smallest absolute Gasteiger partial charge is 0.142 e. The number of benzene rings is 2. The Kier molecular flexibility index (Phi) is 3.10. The van der Waals surface area contributed by atoms with Gasteiger partial charge in [0.15, 0.2) is 0 Å². The number of nitriles is 1. The van der Waals surface area contributed by atoms with Crippen molar-refractivity contribution in [2.45, 2.75) is 6.54 Å². The van der Waals surface area contributed by atoms with Crippen LogP contribution in [-0.4, -0.2) is 16.7 Å². The topological polar surface area (TPSA) is 50.8 Å². The van der Waals surface area contributed by atoms with Crippen molar-refractivity contribution in [3.05, 3.63) is 48.5 Å². The second-order valence-electron chi connectivity index (χ2n) is 4.40. The summed E-state index contributed by atoms with van der Waals surface area (Å²) in [6, 6.07) is 17.7. The zero-order valence-electron chi connectivity index (χ0n) is 11.1. The van der Waals surface area contributed by atoms with E-state index in [1.165, 1.54) is 0 Å². The van der Waals surface area contributed by atoms with Crippen molar-refractivity contribution in [2.75, 3.05) is 7.11 Å². The molecule has 1 heterocycles. The van der Waals surface area contributed by atoms with Gasteiger partial charge in [-0.05, 0) is 24.3 Å². The first-order chi connectivity index (χ1) is 9.83. The second-order valence-corrected chi connectivity index (χ2v) is 4.40. The number of methoxy groups -OCH3 is 1. The number of nitrogens with zero attached hydrogens (tertiary/aromatic N) is 3. The lowest BCUT2D eigenvalue weighted by Crippen LogP contribution is -1.98. The number of para-hydroxylation sites is 2. The monoisotopic (exact) mass is 263 g/mol. The van der Waals surface area contributed by atoms with E-state index in [-0.39, 0.29) is 6.54 Å². The molecule has 0 aliphatic heterocycles. The number of hydrogen-bond acceptors (Lipinski definition) is 3. The summed E-state index contributed by atoms with van der Waals surface area (Å²) in [7, 11) is 1.64. The van der Waals surface area contributed by atoms with Crippen LogP contribution >= 0.6 is 0 Å². The average molecular weight is 263 g/mol. The molecule has 2 aromatic carbocycles. The van der Waals surface area contributed by atoms with Gasteiger partial charge in [-0.1, -0.05) is 24.3 Å². The van der Waals surface area contributed by atoms with Gasteiger partial charge in [-0.25, -0.2) is 4.98 Å². The molecule has 0 atom stereocenters. The predicted molar refractivity (Wildman–Crippen MR) is 77.3 cm³/mol. The normalized spacial score (nSPS) is 10.4. The molecule has 3 aromatic rings. The number of fused-ring (bicyclic) bond motifs is 1. The summed E-state index contributed by atoms with van der Waals surface area (Å²) in [4.78, 5) is 4.63. The molecule has 0 amide bonds. The van der Waals surface area contributed by atoms with Gasteiger partial charge in [-0.2, -0.15) is 5.26 Å². The molecule has 98 valence electrons. The van der Waals surface area contributed by atoms with E-state index in [1.807, 2.05) is 53.1 Å². The zero-order chi connectivity index (χ0) is 13.9. The first-order valence-corrected chi connectivity index (χ1v) is 6.30. The fourth-order valence-corrected chi connectivity index (χ4v) is 2.29. The molecule has 0 saturated heterocycles. The van der Waals surface area contributed by atoms with E-state index >= 15 is 0 Å². The van der Waals surface area contributed by atoms with Crippen LogP contribution in [0.4, 0.5) is 0 Å². The van der Waals surface area contributed by atoms with Crippen LogP contribution in [-0.2, 0) is 6.54 Å². The highest BCUT2D eigenvalue weighted by Gasteiger charge is 2.12. The van der Waals surface area contributed by atoms with E-state index < -0.39 is 0 Å². The van der Waals surface area contributed by atoms with Crippen LogP contribution in [0, 0.1) is 11.3 Å². The van der Waals surface area contributed by atoms with Crippen molar-refractivity contribution in [1.29, 1.82) is 5.26 Å². The van der Waals surface area contributed by atoms with Gasteiger partial charge in [0.05, 0.1) is 24.2 Å². The first-order valence-electron chi connectivity index (χ1n) is 6.30. The molecule has 3 rings (SSSR count). The highest BCUT2D eigenvalue weighted by atomic mass is 16.5. The van der Waals surface area contributed by atoms with Crippen molar-refractivity contribution in [3.8, 4) is 23.2 Å². The lowest BCUT2D eigenvalue weighted by atomic mass is 10.2. The van der Waals surface area contributed by atoms with E-state index in [2.05, 4.69) is 11.1 Å².